The number of rotatable bonds is 7. The van der Waals surface area contributed by atoms with E-state index in [4.69, 9.17) is 28.3 Å². The molecule has 1 fully saturated rings. The van der Waals surface area contributed by atoms with Crippen LogP contribution in [0.25, 0.3) is 0 Å². The summed E-state index contributed by atoms with van der Waals surface area (Å²) in [4.78, 5) is 48.7. The molecule has 1 heterocycles. The molecule has 0 aromatic heterocycles. The summed E-state index contributed by atoms with van der Waals surface area (Å²) in [6.07, 6.45) is -1.99. The minimum atomic E-state index is -6.03. The Morgan fingerprint density at radius 3 is 1.96 bits per heavy atom. The van der Waals surface area contributed by atoms with Crippen molar-refractivity contribution in [1.29, 1.82) is 0 Å². The Bertz CT molecular complexity index is 1740. The fourth-order valence-electron chi connectivity index (χ4n) is 4.25. The summed E-state index contributed by atoms with van der Waals surface area (Å²) in [5.74, 6) is 0.132. The first-order valence-corrected chi connectivity index (χ1v) is 19.8. The second kappa shape index (κ2) is 16.0. The number of halogens is 5. The maximum atomic E-state index is 13.8. The fourth-order valence-corrected chi connectivity index (χ4v) is 11.3. The minimum absolute atomic E-state index is 0.00636. The van der Waals surface area contributed by atoms with Crippen LogP contribution >= 0.6 is 31.8 Å². The van der Waals surface area contributed by atoms with E-state index >= 15 is 0 Å². The van der Waals surface area contributed by atoms with Gasteiger partial charge in [-0.05, 0) is 0 Å². The summed E-state index contributed by atoms with van der Waals surface area (Å²) in [5, 5.41) is -0.149. The molecule has 0 unspecified atom stereocenters. The van der Waals surface area contributed by atoms with Crippen LogP contribution in [0.4, 0.5) is 27.6 Å². The Morgan fingerprint density at radius 2 is 1.49 bits per heavy atom. The van der Waals surface area contributed by atoms with Gasteiger partial charge in [-0.25, -0.2) is 0 Å². The number of nitrogens with zero attached hydrogens (tertiary/aromatic N) is 5. The summed E-state index contributed by atoms with van der Waals surface area (Å²) < 4.78 is 86.0. The molecule has 0 spiro atoms. The van der Waals surface area contributed by atoms with Crippen molar-refractivity contribution >= 4 is 66.1 Å². The molecular formula is C31H40ClF3IN5O9S. The van der Waals surface area contributed by atoms with E-state index in [9.17, 15) is 36.0 Å². The van der Waals surface area contributed by atoms with Crippen molar-refractivity contribution < 1.29 is 52.7 Å². The number of aliphatic imine (C=N–C) groups is 1. The van der Waals surface area contributed by atoms with Gasteiger partial charge < -0.3 is 0 Å². The van der Waals surface area contributed by atoms with Crippen LogP contribution in [0.2, 0.25) is 5.02 Å². The fraction of sp³-hybridized carbons (Fsp3) is 0.484. The Balaban J connectivity index is 2.15. The van der Waals surface area contributed by atoms with Crippen LogP contribution in [-0.4, -0.2) is 103 Å². The van der Waals surface area contributed by atoms with Gasteiger partial charge in [-0.3, -0.25) is 0 Å². The first-order chi connectivity index (χ1) is 23.3. The summed E-state index contributed by atoms with van der Waals surface area (Å²) in [5.41, 5.74) is -7.38. The van der Waals surface area contributed by atoms with Crippen LogP contribution in [0.3, 0.4) is 0 Å². The van der Waals surface area contributed by atoms with Crippen molar-refractivity contribution in [2.45, 2.75) is 64.8 Å². The third-order valence-electron chi connectivity index (χ3n) is 6.33. The summed E-state index contributed by atoms with van der Waals surface area (Å²) in [6.45, 7) is 9.22. The van der Waals surface area contributed by atoms with Crippen LogP contribution < -0.4 is 4.74 Å². The molecule has 4 amide bonds. The van der Waals surface area contributed by atoms with Gasteiger partial charge in [0.1, 0.15) is 0 Å². The predicted molar refractivity (Wildman–Crippen MR) is 190 cm³/mol. The van der Waals surface area contributed by atoms with Gasteiger partial charge in [-0.15, -0.1) is 0 Å². The van der Waals surface area contributed by atoms with E-state index < -0.39 is 59.2 Å². The van der Waals surface area contributed by atoms with Gasteiger partial charge in [0.25, 0.3) is 0 Å². The molecule has 0 radical (unpaired) electrons. The van der Waals surface area contributed by atoms with E-state index in [0.29, 0.717) is 5.75 Å². The molecule has 0 N–H and O–H groups in total. The molecule has 14 nitrogen and oxygen atoms in total. The number of carbonyl (C=O) groups is 3. The number of alkyl halides is 3. The molecule has 20 heteroatoms. The molecule has 0 atom stereocenters. The van der Waals surface area contributed by atoms with Crippen LogP contribution in [0.5, 0.6) is 5.75 Å². The van der Waals surface area contributed by atoms with Crippen LogP contribution in [-0.2, 0) is 28.6 Å². The van der Waals surface area contributed by atoms with Gasteiger partial charge in [0, 0.05) is 0 Å². The SMILES string of the molecule is COc1ccc(I(OS(=O)(=O)C(F)(F)F)c2ccc(CN(C(=O)OC(C)(C)C)C(=NC(=O)OC(C)(C)C)N3CN(C)C(=O)N(C)C3)cc2Cl)cc1. The van der Waals surface area contributed by atoms with Crippen molar-refractivity contribution in [3.8, 4) is 5.75 Å². The first-order valence-electron chi connectivity index (χ1n) is 15.0. The number of ether oxygens (including phenoxy) is 3. The molecule has 2 aromatic rings. The molecular weight excluding hydrogens is 838 g/mol. The van der Waals surface area contributed by atoms with Crippen LogP contribution in [0.1, 0.15) is 47.1 Å². The number of benzene rings is 2. The molecule has 3 rings (SSSR count). The number of guanidine groups is 1. The third-order valence-corrected chi connectivity index (χ3v) is 14.2. The average Bonchev–Trinajstić information content (AvgIpc) is 2.98. The molecule has 1 saturated heterocycles. The third kappa shape index (κ3) is 11.5. The average molecular weight is 878 g/mol. The van der Waals surface area contributed by atoms with Gasteiger partial charge in [0.15, 0.2) is 0 Å². The molecule has 0 aliphatic carbocycles. The summed E-state index contributed by atoms with van der Waals surface area (Å²) >= 11 is 2.71. The standard InChI is InChI=1S/C31H40ClF3IN5O9S/c1-29(2,3)48-26(42)37-25(40-18-38(7)27(43)39(8)19-40)41(28(44)49-30(4,5)6)17-20-10-15-24(23(32)16-20)36(50-51(45,46)31(33,34)35)21-11-13-22(47-9)14-12-21/h10-16H,17-19H2,1-9H3. The Kier molecular flexibility index (Phi) is 13.1. The van der Waals surface area contributed by atoms with Gasteiger partial charge in [0.05, 0.1) is 0 Å². The number of urea groups is 1. The molecule has 1 aliphatic heterocycles. The van der Waals surface area contributed by atoms with E-state index in [1.807, 2.05) is 0 Å². The van der Waals surface area contributed by atoms with Crippen LogP contribution in [0, 0.1) is 7.14 Å². The number of carbonyl (C=O) groups excluding carboxylic acids is 3. The van der Waals surface area contributed by atoms with E-state index in [1.54, 1.807) is 41.5 Å². The molecule has 51 heavy (non-hydrogen) atoms. The van der Waals surface area contributed by atoms with Crippen molar-refractivity contribution in [2.75, 3.05) is 34.5 Å². The normalized spacial score (nSPS) is 15.1. The number of amides is 4. The van der Waals surface area contributed by atoms with Gasteiger partial charge in [-0.1, -0.05) is 0 Å². The number of hydrogen-bond donors (Lipinski definition) is 0. The maximum absolute atomic E-state index is 13.8. The molecule has 2 aromatic carbocycles. The zero-order valence-electron chi connectivity index (χ0n) is 29.4. The van der Waals surface area contributed by atoms with Crippen LogP contribution in [0.15, 0.2) is 47.5 Å². The van der Waals surface area contributed by atoms with E-state index in [1.165, 1.54) is 78.4 Å². The monoisotopic (exact) mass is 877 g/mol. The Hall–Kier alpha value is -3.56. The summed E-state index contributed by atoms with van der Waals surface area (Å²) in [7, 11) is -1.62. The van der Waals surface area contributed by atoms with Crippen molar-refractivity contribution in [2.24, 2.45) is 4.99 Å². The predicted octanol–water partition coefficient (Wildman–Crippen LogP) is 6.92. The Labute approximate surface area is 307 Å². The zero-order valence-corrected chi connectivity index (χ0v) is 33.1. The van der Waals surface area contributed by atoms with Gasteiger partial charge in [-0.2, -0.15) is 0 Å². The topological polar surface area (TPSA) is 148 Å². The van der Waals surface area contributed by atoms with Crippen molar-refractivity contribution in [3.63, 3.8) is 0 Å². The van der Waals surface area contributed by atoms with Crippen molar-refractivity contribution in [3.05, 3.63) is 60.2 Å². The Morgan fingerprint density at radius 1 is 0.941 bits per heavy atom. The molecule has 0 saturated carbocycles. The quantitative estimate of drug-likeness (QED) is 0.124. The molecule has 284 valence electrons. The zero-order chi connectivity index (χ0) is 38.7. The molecule has 1 aliphatic rings. The molecule has 0 bridgehead atoms. The van der Waals surface area contributed by atoms with E-state index in [0.717, 1.165) is 4.90 Å². The summed E-state index contributed by atoms with van der Waals surface area (Å²) in [6, 6.07) is 9.39. The second-order valence-corrected chi connectivity index (χ2v) is 19.9. The van der Waals surface area contributed by atoms with Crippen molar-refractivity contribution in [1.82, 2.24) is 19.6 Å². The van der Waals surface area contributed by atoms with E-state index in [2.05, 4.69) is 4.99 Å². The van der Waals surface area contributed by atoms with E-state index in [-0.39, 0.29) is 49.6 Å². The van der Waals surface area contributed by atoms with Gasteiger partial charge in [0.2, 0.25) is 0 Å². The second-order valence-electron chi connectivity index (χ2n) is 13.1. The number of methoxy groups -OCH3 is 1. The van der Waals surface area contributed by atoms with Gasteiger partial charge >= 0.3 is 309 Å². The first kappa shape index (κ1) is 41.9. The number of hydrogen-bond acceptors (Lipinski definition) is 9.